The van der Waals surface area contributed by atoms with Gasteiger partial charge in [-0.25, -0.2) is 9.78 Å². The number of likely N-dealkylation sites (tertiary alicyclic amines) is 1. The molecule has 0 bridgehead atoms. The first-order chi connectivity index (χ1) is 11.7. The largest absolute Gasteiger partial charge is 0.340 e. The van der Waals surface area contributed by atoms with Crippen molar-refractivity contribution < 1.29 is 4.79 Å². The van der Waals surface area contributed by atoms with Crippen molar-refractivity contribution >= 4 is 22.8 Å². The van der Waals surface area contributed by atoms with E-state index in [0.29, 0.717) is 0 Å². The first-order valence-electron chi connectivity index (χ1n) is 8.30. The highest BCUT2D eigenvalue weighted by Crippen LogP contribution is 2.32. The van der Waals surface area contributed by atoms with Gasteiger partial charge in [-0.05, 0) is 43.5 Å². The molecule has 2 amide bonds. The highest BCUT2D eigenvalue weighted by atomic mass is 16.2. The van der Waals surface area contributed by atoms with Crippen LogP contribution in [0.4, 0.5) is 10.5 Å². The second-order valence-corrected chi connectivity index (χ2v) is 6.24. The van der Waals surface area contributed by atoms with Crippen molar-refractivity contribution in [3.63, 3.8) is 0 Å². The molecule has 3 aromatic rings. The Morgan fingerprint density at radius 3 is 2.83 bits per heavy atom. The van der Waals surface area contributed by atoms with Crippen molar-refractivity contribution in [3.05, 3.63) is 59.9 Å². The quantitative estimate of drug-likeness (QED) is 0.742. The summed E-state index contributed by atoms with van der Waals surface area (Å²) < 4.78 is 0. The van der Waals surface area contributed by atoms with Crippen LogP contribution in [0.5, 0.6) is 0 Å². The number of nitrogens with one attached hydrogen (secondary N) is 2. The van der Waals surface area contributed by atoms with Gasteiger partial charge in [0.15, 0.2) is 0 Å². The molecule has 0 unspecified atom stereocenters. The minimum Gasteiger partial charge on any atom is -0.340 e. The number of amides is 2. The number of hydrogen-bond donors (Lipinski definition) is 2. The van der Waals surface area contributed by atoms with E-state index in [0.717, 1.165) is 47.5 Å². The van der Waals surface area contributed by atoms with Crippen LogP contribution in [0.1, 0.15) is 30.3 Å². The zero-order chi connectivity index (χ0) is 16.5. The normalized spacial score (nSPS) is 17.4. The number of imidazole rings is 1. The topological polar surface area (TPSA) is 61.0 Å². The highest BCUT2D eigenvalue weighted by Gasteiger charge is 2.32. The van der Waals surface area contributed by atoms with Gasteiger partial charge in [-0.2, -0.15) is 0 Å². The second-order valence-electron chi connectivity index (χ2n) is 6.24. The minimum absolute atomic E-state index is 0.00131. The molecule has 1 aliphatic heterocycles. The number of urea groups is 1. The molecule has 1 aromatic heterocycles. The van der Waals surface area contributed by atoms with Crippen molar-refractivity contribution in [2.75, 3.05) is 11.9 Å². The van der Waals surface area contributed by atoms with E-state index in [2.05, 4.69) is 15.3 Å². The van der Waals surface area contributed by atoms with E-state index < -0.39 is 0 Å². The molecule has 1 fully saturated rings. The molecule has 5 heteroatoms. The number of fused-ring (bicyclic) bond motifs is 1. The maximum Gasteiger partial charge on any atom is 0.322 e. The summed E-state index contributed by atoms with van der Waals surface area (Å²) in [6.45, 7) is 2.75. The molecule has 1 saturated heterocycles. The highest BCUT2D eigenvalue weighted by molar-refractivity contribution is 5.90. The Hall–Kier alpha value is -2.82. The van der Waals surface area contributed by atoms with Crippen LogP contribution in [0.25, 0.3) is 11.0 Å². The van der Waals surface area contributed by atoms with Gasteiger partial charge in [-0.15, -0.1) is 0 Å². The SMILES string of the molecule is Cc1ccccc1NC(=O)N1CCC[C@@H]1c1nc2ccccc2[nH]1. The van der Waals surface area contributed by atoms with E-state index in [-0.39, 0.29) is 12.1 Å². The number of benzene rings is 2. The summed E-state index contributed by atoms with van der Waals surface area (Å²) in [7, 11) is 0. The van der Waals surface area contributed by atoms with Gasteiger partial charge in [-0.1, -0.05) is 30.3 Å². The van der Waals surface area contributed by atoms with Crippen molar-refractivity contribution in [3.8, 4) is 0 Å². The monoisotopic (exact) mass is 320 g/mol. The Morgan fingerprint density at radius 1 is 1.21 bits per heavy atom. The molecule has 5 nitrogen and oxygen atoms in total. The summed E-state index contributed by atoms with van der Waals surface area (Å²) in [6.07, 6.45) is 1.92. The van der Waals surface area contributed by atoms with E-state index in [1.54, 1.807) is 0 Å². The van der Waals surface area contributed by atoms with Crippen molar-refractivity contribution in [1.82, 2.24) is 14.9 Å². The number of carbonyl (C=O) groups is 1. The van der Waals surface area contributed by atoms with Crippen molar-refractivity contribution in [2.24, 2.45) is 0 Å². The van der Waals surface area contributed by atoms with Crippen LogP contribution in [0.2, 0.25) is 0 Å². The van der Waals surface area contributed by atoms with E-state index in [1.807, 2.05) is 60.4 Å². The van der Waals surface area contributed by atoms with Crippen LogP contribution in [-0.2, 0) is 0 Å². The minimum atomic E-state index is -0.0627. The predicted octanol–water partition coefficient (Wildman–Crippen LogP) is 4.24. The van der Waals surface area contributed by atoms with Crippen LogP contribution in [0, 0.1) is 6.92 Å². The number of aryl methyl sites for hydroxylation is 1. The molecular weight excluding hydrogens is 300 g/mol. The summed E-state index contributed by atoms with van der Waals surface area (Å²) in [4.78, 5) is 22.7. The number of nitrogens with zero attached hydrogens (tertiary/aromatic N) is 2. The average molecular weight is 320 g/mol. The molecule has 2 aromatic carbocycles. The number of rotatable bonds is 2. The third-order valence-electron chi connectivity index (χ3n) is 4.62. The summed E-state index contributed by atoms with van der Waals surface area (Å²) in [5.41, 5.74) is 3.88. The Balaban J connectivity index is 1.58. The molecule has 4 rings (SSSR count). The lowest BCUT2D eigenvalue weighted by Crippen LogP contribution is -2.35. The van der Waals surface area contributed by atoms with E-state index in [4.69, 9.17) is 0 Å². The number of aromatic nitrogens is 2. The third kappa shape index (κ3) is 2.62. The fourth-order valence-corrected chi connectivity index (χ4v) is 3.32. The first kappa shape index (κ1) is 14.8. The van der Waals surface area contributed by atoms with Gasteiger partial charge in [0, 0.05) is 12.2 Å². The van der Waals surface area contributed by atoms with Crippen LogP contribution in [0.3, 0.4) is 0 Å². The molecule has 122 valence electrons. The van der Waals surface area contributed by atoms with Crippen molar-refractivity contribution in [1.29, 1.82) is 0 Å². The van der Waals surface area contributed by atoms with Gasteiger partial charge in [0.25, 0.3) is 0 Å². The van der Waals surface area contributed by atoms with Gasteiger partial charge in [0.05, 0.1) is 17.1 Å². The molecule has 0 spiro atoms. The average Bonchev–Trinajstić information content (AvgIpc) is 3.23. The number of aromatic amines is 1. The van der Waals surface area contributed by atoms with Gasteiger partial charge in [-0.3, -0.25) is 0 Å². The third-order valence-corrected chi connectivity index (χ3v) is 4.62. The molecule has 2 N–H and O–H groups in total. The second kappa shape index (κ2) is 6.00. The van der Waals surface area contributed by atoms with Crippen LogP contribution in [-0.4, -0.2) is 27.4 Å². The van der Waals surface area contributed by atoms with Crippen molar-refractivity contribution in [2.45, 2.75) is 25.8 Å². The van der Waals surface area contributed by atoms with E-state index >= 15 is 0 Å². The summed E-state index contributed by atoms with van der Waals surface area (Å²) in [6, 6.07) is 15.7. The summed E-state index contributed by atoms with van der Waals surface area (Å²) >= 11 is 0. The molecule has 0 aliphatic carbocycles. The molecule has 0 radical (unpaired) electrons. The van der Waals surface area contributed by atoms with Gasteiger partial charge < -0.3 is 15.2 Å². The van der Waals surface area contributed by atoms with Gasteiger partial charge in [0.1, 0.15) is 5.82 Å². The van der Waals surface area contributed by atoms with Crippen LogP contribution < -0.4 is 5.32 Å². The molecule has 1 atom stereocenters. The van der Waals surface area contributed by atoms with Gasteiger partial charge in [0.2, 0.25) is 0 Å². The standard InChI is InChI=1S/C19H20N4O/c1-13-7-2-3-8-14(13)22-19(24)23-12-6-11-17(23)18-20-15-9-4-5-10-16(15)21-18/h2-5,7-10,17H,6,11-12H2,1H3,(H,20,21)(H,22,24)/t17-/m1/s1. The molecule has 1 aliphatic rings. The fraction of sp³-hybridized carbons (Fsp3) is 0.263. The first-order valence-corrected chi connectivity index (χ1v) is 8.30. The number of para-hydroxylation sites is 3. The zero-order valence-corrected chi connectivity index (χ0v) is 13.6. The summed E-state index contributed by atoms with van der Waals surface area (Å²) in [5, 5.41) is 3.03. The van der Waals surface area contributed by atoms with Crippen LogP contribution in [0.15, 0.2) is 48.5 Å². The lowest BCUT2D eigenvalue weighted by molar-refractivity contribution is 0.205. The lowest BCUT2D eigenvalue weighted by Gasteiger charge is -2.24. The number of H-pyrrole nitrogens is 1. The molecule has 0 saturated carbocycles. The van der Waals surface area contributed by atoms with Gasteiger partial charge >= 0.3 is 6.03 Å². The van der Waals surface area contributed by atoms with Crippen LogP contribution >= 0.6 is 0 Å². The fourth-order valence-electron chi connectivity index (χ4n) is 3.32. The number of anilines is 1. The lowest BCUT2D eigenvalue weighted by atomic mass is 10.2. The molecular formula is C19H20N4O. The maximum atomic E-state index is 12.7. The Kier molecular flexibility index (Phi) is 3.69. The molecule has 24 heavy (non-hydrogen) atoms. The van der Waals surface area contributed by atoms with E-state index in [1.165, 1.54) is 0 Å². The Bertz CT molecular complexity index is 853. The van der Waals surface area contributed by atoms with E-state index in [9.17, 15) is 4.79 Å². The smallest absolute Gasteiger partial charge is 0.322 e. The Morgan fingerprint density at radius 2 is 2.00 bits per heavy atom. The summed E-state index contributed by atoms with van der Waals surface area (Å²) in [5.74, 6) is 0.869. The number of hydrogen-bond acceptors (Lipinski definition) is 2. The zero-order valence-electron chi connectivity index (χ0n) is 13.6. The Labute approximate surface area is 140 Å². The number of carbonyl (C=O) groups excluding carboxylic acids is 1. The maximum absolute atomic E-state index is 12.7. The molecule has 2 heterocycles. The predicted molar refractivity (Wildman–Crippen MR) is 95.0 cm³/mol.